The van der Waals surface area contributed by atoms with Crippen molar-refractivity contribution in [1.29, 1.82) is 0 Å². The first kappa shape index (κ1) is 17.3. The molecule has 3 rings (SSSR count). The number of benzene rings is 2. The summed E-state index contributed by atoms with van der Waals surface area (Å²) in [5, 5.41) is 29.3. The fourth-order valence-electron chi connectivity index (χ4n) is 2.65. The van der Waals surface area contributed by atoms with Crippen molar-refractivity contribution < 1.29 is 29.4 Å². The third-order valence-electron chi connectivity index (χ3n) is 3.95. The zero-order chi connectivity index (χ0) is 18.2. The van der Waals surface area contributed by atoms with Crippen LogP contribution in [0.15, 0.2) is 36.4 Å². The van der Waals surface area contributed by atoms with Crippen LogP contribution in [0.3, 0.4) is 0 Å². The minimum Gasteiger partial charge on any atom is -0.508 e. The number of hydrogen-bond donors (Lipinski definition) is 3. The Bertz CT molecular complexity index is 787. The van der Waals surface area contributed by atoms with Crippen molar-refractivity contribution in [2.45, 2.75) is 13.8 Å². The smallest absolute Gasteiger partial charge is 0.494 e. The number of aromatic hydroxyl groups is 3. The van der Waals surface area contributed by atoms with Crippen molar-refractivity contribution in [2.24, 2.45) is 5.41 Å². The number of carbonyl (C=O) groups excluding carboxylic acids is 1. The molecule has 0 radical (unpaired) electrons. The normalized spacial score (nSPS) is 16.6. The van der Waals surface area contributed by atoms with E-state index in [1.165, 1.54) is 24.3 Å². The van der Waals surface area contributed by atoms with Gasteiger partial charge in [-0.05, 0) is 29.7 Å². The maximum atomic E-state index is 12.5. The van der Waals surface area contributed by atoms with Crippen LogP contribution in [-0.4, -0.2) is 41.4 Å². The molecule has 2 aromatic rings. The highest BCUT2D eigenvalue weighted by molar-refractivity contribution is 6.61. The monoisotopic (exact) mass is 342 g/mol. The van der Waals surface area contributed by atoms with Gasteiger partial charge in [-0.3, -0.25) is 4.79 Å². The summed E-state index contributed by atoms with van der Waals surface area (Å²) in [6.45, 7) is 5.13. The molecule has 1 aliphatic heterocycles. The highest BCUT2D eigenvalue weighted by Gasteiger charge is 2.34. The van der Waals surface area contributed by atoms with E-state index in [2.05, 4.69) is 0 Å². The molecule has 1 fully saturated rings. The Labute approximate surface area is 145 Å². The molecule has 7 heteroatoms. The summed E-state index contributed by atoms with van der Waals surface area (Å²) in [5.74, 6) is -1.19. The lowest BCUT2D eigenvalue weighted by atomic mass is 9.75. The van der Waals surface area contributed by atoms with E-state index in [-0.39, 0.29) is 33.8 Å². The van der Waals surface area contributed by atoms with Crippen molar-refractivity contribution in [3.63, 3.8) is 0 Å². The molecular formula is C18H19BO6. The van der Waals surface area contributed by atoms with Crippen molar-refractivity contribution >= 4 is 18.4 Å². The van der Waals surface area contributed by atoms with Gasteiger partial charge in [0.05, 0.1) is 5.56 Å². The summed E-state index contributed by atoms with van der Waals surface area (Å²) < 4.78 is 11.3. The Balaban J connectivity index is 1.83. The van der Waals surface area contributed by atoms with E-state index in [0.717, 1.165) is 6.07 Å². The molecule has 6 nitrogen and oxygen atoms in total. The molecule has 1 aliphatic rings. The standard InChI is InChI=1S/C18H19BO6/c1-18(2)9-24-19(25-10-18)12-3-4-15(16(22)7-12)17(23)11-5-13(20)8-14(21)6-11/h3-8,20-22H,9-10H2,1-2H3. The molecule has 0 spiro atoms. The number of carbonyl (C=O) groups is 1. The van der Waals surface area contributed by atoms with Crippen LogP contribution in [-0.2, 0) is 9.31 Å². The summed E-state index contributed by atoms with van der Waals surface area (Å²) in [6.07, 6.45) is 0. The maximum absolute atomic E-state index is 12.5. The third-order valence-corrected chi connectivity index (χ3v) is 3.95. The van der Waals surface area contributed by atoms with Crippen molar-refractivity contribution in [3.05, 3.63) is 47.5 Å². The summed E-state index contributed by atoms with van der Waals surface area (Å²) in [6, 6.07) is 8.13. The number of phenolic OH excluding ortho intramolecular Hbond substituents is 3. The van der Waals surface area contributed by atoms with Crippen molar-refractivity contribution in [2.75, 3.05) is 13.2 Å². The van der Waals surface area contributed by atoms with Crippen LogP contribution in [0.5, 0.6) is 17.2 Å². The van der Waals surface area contributed by atoms with E-state index in [0.29, 0.717) is 18.7 Å². The molecule has 0 aliphatic carbocycles. The van der Waals surface area contributed by atoms with Gasteiger partial charge in [0, 0.05) is 30.3 Å². The second kappa shape index (κ2) is 6.42. The molecule has 1 heterocycles. The molecular weight excluding hydrogens is 323 g/mol. The zero-order valence-electron chi connectivity index (χ0n) is 14.0. The Hall–Kier alpha value is -2.51. The average molecular weight is 342 g/mol. The van der Waals surface area contributed by atoms with Crippen LogP contribution in [0.2, 0.25) is 0 Å². The van der Waals surface area contributed by atoms with Gasteiger partial charge >= 0.3 is 7.12 Å². The minimum absolute atomic E-state index is 0.0601. The second-order valence-electron chi connectivity index (χ2n) is 6.96. The van der Waals surface area contributed by atoms with Gasteiger partial charge in [-0.15, -0.1) is 0 Å². The van der Waals surface area contributed by atoms with E-state index < -0.39 is 12.9 Å². The molecule has 0 amide bonds. The fraction of sp³-hybridized carbons (Fsp3) is 0.278. The quantitative estimate of drug-likeness (QED) is 0.582. The largest absolute Gasteiger partial charge is 0.508 e. The Morgan fingerprint density at radius 1 is 1.00 bits per heavy atom. The Morgan fingerprint density at radius 3 is 2.16 bits per heavy atom. The molecule has 3 N–H and O–H groups in total. The van der Waals surface area contributed by atoms with Gasteiger partial charge in [0.2, 0.25) is 0 Å². The minimum atomic E-state index is -0.590. The molecule has 25 heavy (non-hydrogen) atoms. The molecule has 1 saturated heterocycles. The van der Waals surface area contributed by atoms with Crippen molar-refractivity contribution in [1.82, 2.24) is 0 Å². The predicted molar refractivity (Wildman–Crippen MR) is 92.4 cm³/mol. The van der Waals surface area contributed by atoms with E-state index in [9.17, 15) is 20.1 Å². The highest BCUT2D eigenvalue weighted by Crippen LogP contribution is 2.26. The van der Waals surface area contributed by atoms with Gasteiger partial charge in [0.15, 0.2) is 5.78 Å². The van der Waals surface area contributed by atoms with Gasteiger partial charge in [-0.25, -0.2) is 0 Å². The predicted octanol–water partition coefficient (Wildman–Crippen LogP) is 1.80. The molecule has 130 valence electrons. The van der Waals surface area contributed by atoms with Crippen LogP contribution >= 0.6 is 0 Å². The molecule has 0 aromatic heterocycles. The van der Waals surface area contributed by atoms with Crippen LogP contribution in [0, 0.1) is 5.41 Å². The second-order valence-corrected chi connectivity index (χ2v) is 6.96. The topological polar surface area (TPSA) is 96.2 Å². The molecule has 0 saturated carbocycles. The summed E-state index contributed by atoms with van der Waals surface area (Å²) in [5.41, 5.74) is 0.687. The third kappa shape index (κ3) is 3.78. The average Bonchev–Trinajstić information content (AvgIpc) is 2.53. The number of phenols is 3. The van der Waals surface area contributed by atoms with E-state index in [1.807, 2.05) is 13.8 Å². The van der Waals surface area contributed by atoms with Crippen LogP contribution in [0.25, 0.3) is 0 Å². The van der Waals surface area contributed by atoms with Gasteiger partial charge in [-0.1, -0.05) is 19.9 Å². The first-order chi connectivity index (χ1) is 11.7. The molecule has 2 aromatic carbocycles. The van der Waals surface area contributed by atoms with Gasteiger partial charge < -0.3 is 24.6 Å². The number of hydrogen-bond acceptors (Lipinski definition) is 6. The first-order valence-electron chi connectivity index (χ1n) is 7.89. The van der Waals surface area contributed by atoms with E-state index in [1.54, 1.807) is 6.07 Å². The lowest BCUT2D eigenvalue weighted by Crippen LogP contribution is -2.47. The molecule has 0 bridgehead atoms. The summed E-state index contributed by atoms with van der Waals surface area (Å²) >= 11 is 0. The fourth-order valence-corrected chi connectivity index (χ4v) is 2.65. The summed E-state index contributed by atoms with van der Waals surface area (Å²) in [7, 11) is -0.590. The van der Waals surface area contributed by atoms with Gasteiger partial charge in [-0.2, -0.15) is 0 Å². The maximum Gasteiger partial charge on any atom is 0.494 e. The SMILES string of the molecule is CC1(C)COB(c2ccc(C(=O)c3cc(O)cc(O)c3)c(O)c2)OC1. The van der Waals surface area contributed by atoms with Gasteiger partial charge in [0.25, 0.3) is 0 Å². The first-order valence-corrected chi connectivity index (χ1v) is 7.89. The van der Waals surface area contributed by atoms with Crippen LogP contribution in [0.1, 0.15) is 29.8 Å². The van der Waals surface area contributed by atoms with Gasteiger partial charge in [0.1, 0.15) is 17.2 Å². The zero-order valence-corrected chi connectivity index (χ0v) is 14.0. The number of rotatable bonds is 3. The van der Waals surface area contributed by atoms with Crippen LogP contribution < -0.4 is 5.46 Å². The Kier molecular flexibility index (Phi) is 4.45. The summed E-state index contributed by atoms with van der Waals surface area (Å²) in [4.78, 5) is 12.5. The van der Waals surface area contributed by atoms with E-state index in [4.69, 9.17) is 9.31 Å². The van der Waals surface area contributed by atoms with E-state index >= 15 is 0 Å². The lowest BCUT2D eigenvalue weighted by Gasteiger charge is -2.33. The number of ketones is 1. The highest BCUT2D eigenvalue weighted by atomic mass is 16.6. The lowest BCUT2D eigenvalue weighted by molar-refractivity contribution is 0.0343. The molecule has 0 unspecified atom stereocenters. The van der Waals surface area contributed by atoms with Crippen LogP contribution in [0.4, 0.5) is 0 Å². The molecule has 0 atom stereocenters. The van der Waals surface area contributed by atoms with Crippen molar-refractivity contribution in [3.8, 4) is 17.2 Å². The Morgan fingerprint density at radius 2 is 1.60 bits per heavy atom.